The first kappa shape index (κ1) is 19.7. The highest BCUT2D eigenvalue weighted by Gasteiger charge is 2.50. The van der Waals surface area contributed by atoms with Gasteiger partial charge in [0.1, 0.15) is 5.66 Å². The zero-order chi connectivity index (χ0) is 16.3. The molecule has 0 bridgehead atoms. The molecule has 5 N–H and O–H groups in total. The molecule has 4 unspecified atom stereocenters. The van der Waals surface area contributed by atoms with E-state index in [-0.39, 0.29) is 5.92 Å². The third kappa shape index (κ3) is 5.63. The smallest absolute Gasteiger partial charge is 0.354 e. The second kappa shape index (κ2) is 7.93. The van der Waals surface area contributed by atoms with E-state index in [1.54, 1.807) is 0 Å². The maximum Gasteiger partial charge on any atom is 0.354 e. The summed E-state index contributed by atoms with van der Waals surface area (Å²) in [4.78, 5) is 37.2. The lowest BCUT2D eigenvalue weighted by Crippen LogP contribution is -2.39. The minimum atomic E-state index is -4.98. The van der Waals surface area contributed by atoms with Crippen molar-refractivity contribution in [3.8, 4) is 0 Å². The molecule has 1 aliphatic carbocycles. The summed E-state index contributed by atoms with van der Waals surface area (Å²) in [5.41, 5.74) is -1.71. The van der Waals surface area contributed by atoms with Gasteiger partial charge in [-0.05, 0) is 36.9 Å². The molecular weight excluding hydrogens is 338 g/mol. The van der Waals surface area contributed by atoms with E-state index in [4.69, 9.17) is 9.79 Å². The van der Waals surface area contributed by atoms with Crippen LogP contribution in [0.1, 0.15) is 38.5 Å². The van der Waals surface area contributed by atoms with E-state index in [0.717, 1.165) is 25.7 Å². The van der Waals surface area contributed by atoms with Gasteiger partial charge in [0.05, 0.1) is 0 Å². The van der Waals surface area contributed by atoms with Gasteiger partial charge in [-0.15, -0.1) is 0 Å². The quantitative estimate of drug-likeness (QED) is 0.299. The summed E-state index contributed by atoms with van der Waals surface area (Å²) < 4.78 is 23.0. The van der Waals surface area contributed by atoms with Crippen molar-refractivity contribution in [2.45, 2.75) is 50.0 Å². The second-order valence-corrected chi connectivity index (χ2v) is 9.59. The maximum absolute atomic E-state index is 11.7. The first-order valence-corrected chi connectivity index (χ1v) is 11.0. The number of rotatable bonds is 7. The molecule has 0 heterocycles. The molecule has 0 aliphatic heterocycles. The van der Waals surface area contributed by atoms with Crippen LogP contribution in [0.15, 0.2) is 0 Å². The van der Waals surface area contributed by atoms with Gasteiger partial charge < -0.3 is 24.7 Å². The van der Waals surface area contributed by atoms with Crippen LogP contribution in [0.5, 0.6) is 0 Å². The molecule has 0 radical (unpaired) electrons. The van der Waals surface area contributed by atoms with Crippen LogP contribution in [-0.2, 0) is 9.13 Å². The fourth-order valence-electron chi connectivity index (χ4n) is 3.24. The molecule has 0 spiro atoms. The predicted molar refractivity (Wildman–Crippen MR) is 82.4 cm³/mol. The van der Waals surface area contributed by atoms with Crippen LogP contribution >= 0.6 is 27.8 Å². The van der Waals surface area contributed by atoms with Crippen LogP contribution < -0.4 is 0 Å². The Bertz CT molecular complexity index is 421. The largest absolute Gasteiger partial charge is 0.380 e. The van der Waals surface area contributed by atoms with Crippen LogP contribution in [0.2, 0.25) is 0 Å². The first-order chi connectivity index (χ1) is 9.59. The number of hydrogen-bond acceptors (Lipinski definition) is 4. The van der Waals surface area contributed by atoms with Crippen molar-refractivity contribution in [1.29, 1.82) is 0 Å². The fraction of sp³-hybridized carbons (Fsp3) is 1.00. The van der Waals surface area contributed by atoms with Crippen molar-refractivity contribution < 1.29 is 33.8 Å². The van der Waals surface area contributed by atoms with Crippen molar-refractivity contribution >= 4 is 27.8 Å². The number of aliphatic hydroxyl groups is 1. The average Bonchev–Trinajstić information content (AvgIpc) is 2.35. The van der Waals surface area contributed by atoms with E-state index < -0.39 is 32.6 Å². The molecule has 1 fully saturated rings. The molecule has 1 saturated carbocycles. The summed E-state index contributed by atoms with van der Waals surface area (Å²) in [7, 11) is -9.81. The fourth-order valence-corrected chi connectivity index (χ4v) is 6.32. The predicted octanol–water partition coefficient (Wildman–Crippen LogP) is 1.55. The lowest BCUT2D eigenvalue weighted by molar-refractivity contribution is 0.118. The standard InChI is InChI=1S/C11H24O7P2S/c12-11(20(16,17)18)10(19(13,14)15)9-6-2-1-4-8(9)5-3-7-21/h8-12,21H,1-7H2,(H2,13,14,15)(H2,16,17,18). The van der Waals surface area contributed by atoms with Crippen LogP contribution in [0, 0.1) is 11.8 Å². The highest BCUT2D eigenvalue weighted by molar-refractivity contribution is 7.80. The molecule has 126 valence electrons. The zero-order valence-corrected chi connectivity index (χ0v) is 14.3. The molecule has 0 aromatic carbocycles. The highest BCUT2D eigenvalue weighted by Crippen LogP contribution is 2.58. The van der Waals surface area contributed by atoms with Gasteiger partial charge in [0, 0.05) is 0 Å². The zero-order valence-electron chi connectivity index (χ0n) is 11.7. The Morgan fingerprint density at radius 2 is 1.62 bits per heavy atom. The van der Waals surface area contributed by atoms with Crippen molar-refractivity contribution in [3.05, 3.63) is 0 Å². The summed E-state index contributed by atoms with van der Waals surface area (Å²) in [6, 6.07) is 0. The third-order valence-corrected chi connectivity index (χ3v) is 7.18. The van der Waals surface area contributed by atoms with Gasteiger partial charge in [-0.3, -0.25) is 9.13 Å². The van der Waals surface area contributed by atoms with E-state index in [1.807, 2.05) is 0 Å². The van der Waals surface area contributed by atoms with Gasteiger partial charge in [0.25, 0.3) is 0 Å². The van der Waals surface area contributed by atoms with Gasteiger partial charge in [0.2, 0.25) is 0 Å². The van der Waals surface area contributed by atoms with Gasteiger partial charge in [-0.2, -0.15) is 12.6 Å². The van der Waals surface area contributed by atoms with Crippen LogP contribution in [0.3, 0.4) is 0 Å². The molecule has 1 rings (SSSR count). The molecule has 0 saturated heterocycles. The van der Waals surface area contributed by atoms with E-state index in [0.29, 0.717) is 18.6 Å². The van der Waals surface area contributed by atoms with Gasteiger partial charge in [-0.1, -0.05) is 19.3 Å². The summed E-state index contributed by atoms with van der Waals surface area (Å²) in [6.07, 6.45) is 4.34. The minimum absolute atomic E-state index is 0.0512. The average molecular weight is 362 g/mol. The van der Waals surface area contributed by atoms with Crippen LogP contribution in [-0.4, -0.2) is 41.9 Å². The number of hydrogen-bond donors (Lipinski definition) is 6. The molecule has 0 amide bonds. The van der Waals surface area contributed by atoms with E-state index in [2.05, 4.69) is 12.6 Å². The van der Waals surface area contributed by atoms with E-state index >= 15 is 0 Å². The Balaban J connectivity index is 3.05. The van der Waals surface area contributed by atoms with Crippen molar-refractivity contribution in [2.24, 2.45) is 11.8 Å². The molecule has 10 heteroatoms. The first-order valence-electron chi connectivity index (χ1n) is 6.98. The van der Waals surface area contributed by atoms with Crippen LogP contribution in [0.4, 0.5) is 0 Å². The van der Waals surface area contributed by atoms with Crippen molar-refractivity contribution in [3.63, 3.8) is 0 Å². The molecule has 21 heavy (non-hydrogen) atoms. The van der Waals surface area contributed by atoms with Gasteiger partial charge >= 0.3 is 15.2 Å². The highest BCUT2D eigenvalue weighted by atomic mass is 32.1. The SMILES string of the molecule is O=P(O)(O)C(O)C(C1CCCCC1CCCS)P(=O)(O)O. The van der Waals surface area contributed by atoms with Gasteiger partial charge in [0.15, 0.2) is 5.85 Å². The van der Waals surface area contributed by atoms with Crippen molar-refractivity contribution in [1.82, 2.24) is 0 Å². The lowest BCUT2D eigenvalue weighted by Gasteiger charge is -2.39. The molecule has 1 aliphatic rings. The molecule has 7 nitrogen and oxygen atoms in total. The van der Waals surface area contributed by atoms with Gasteiger partial charge in [-0.25, -0.2) is 0 Å². The summed E-state index contributed by atoms with van der Waals surface area (Å²) >= 11 is 4.12. The Morgan fingerprint density at radius 1 is 1.05 bits per heavy atom. The second-order valence-electron chi connectivity index (χ2n) is 5.66. The Labute approximate surface area is 129 Å². The van der Waals surface area contributed by atoms with E-state index in [1.165, 1.54) is 0 Å². The Kier molecular flexibility index (Phi) is 7.42. The normalized spacial score (nSPS) is 27.3. The van der Waals surface area contributed by atoms with E-state index in [9.17, 15) is 24.0 Å². The lowest BCUT2D eigenvalue weighted by atomic mass is 9.75. The number of aliphatic hydroxyl groups excluding tert-OH is 1. The topological polar surface area (TPSA) is 135 Å². The maximum atomic E-state index is 11.7. The monoisotopic (exact) mass is 362 g/mol. The number of thiol groups is 1. The third-order valence-electron chi connectivity index (χ3n) is 4.18. The van der Waals surface area contributed by atoms with Crippen LogP contribution in [0.25, 0.3) is 0 Å². The molecule has 0 aromatic rings. The summed E-state index contributed by atoms with van der Waals surface area (Å²) in [5, 5.41) is 9.81. The minimum Gasteiger partial charge on any atom is -0.380 e. The molecule has 4 atom stereocenters. The molecular formula is C11H24O7P2S. The Hall–Kier alpha value is 0.610. The van der Waals surface area contributed by atoms with Crippen molar-refractivity contribution in [2.75, 3.05) is 5.75 Å². The molecule has 0 aromatic heterocycles. The summed E-state index contributed by atoms with van der Waals surface area (Å²) in [6.45, 7) is 0. The summed E-state index contributed by atoms with van der Waals surface area (Å²) in [5.74, 6) is -2.31. The Morgan fingerprint density at radius 3 is 2.10 bits per heavy atom.